The van der Waals surface area contributed by atoms with Crippen molar-refractivity contribution in [2.45, 2.75) is 64.4 Å². The number of hydrogen-bond donors (Lipinski definition) is 1. The number of rotatable bonds is 10. The number of urea groups is 1. The van der Waals surface area contributed by atoms with Crippen molar-refractivity contribution in [2.75, 3.05) is 13.1 Å². The van der Waals surface area contributed by atoms with Crippen LogP contribution in [0.25, 0.3) is 0 Å². The Hall–Kier alpha value is -2.40. The highest BCUT2D eigenvalue weighted by Crippen LogP contribution is 2.61. The van der Waals surface area contributed by atoms with Gasteiger partial charge in [-0.3, -0.25) is 9.82 Å². The molecule has 2 amide bonds. The van der Waals surface area contributed by atoms with Gasteiger partial charge in [-0.1, -0.05) is 30.3 Å². The van der Waals surface area contributed by atoms with E-state index in [1.54, 1.807) is 5.06 Å². The van der Waals surface area contributed by atoms with Crippen molar-refractivity contribution < 1.29 is 9.63 Å². The molecule has 4 aliphatic carbocycles. The third kappa shape index (κ3) is 5.75. The SMILES string of the molecule is O=C(NCCCc1ccncc1)N(CCC12CC3CC(CC(C3)C1)C2)OCc1ccccc1. The van der Waals surface area contributed by atoms with Gasteiger partial charge in [0.1, 0.15) is 6.61 Å². The molecule has 4 saturated carbocycles. The van der Waals surface area contributed by atoms with E-state index < -0.39 is 0 Å². The van der Waals surface area contributed by atoms with Gasteiger partial charge < -0.3 is 5.32 Å². The van der Waals surface area contributed by atoms with Gasteiger partial charge in [0.2, 0.25) is 0 Å². The first kappa shape index (κ1) is 22.4. The van der Waals surface area contributed by atoms with E-state index in [0.29, 0.717) is 25.1 Å². The Morgan fingerprint density at radius 3 is 2.30 bits per heavy atom. The number of hydroxylamine groups is 2. The summed E-state index contributed by atoms with van der Waals surface area (Å²) in [5.74, 6) is 2.78. The molecule has 6 rings (SSSR count). The molecule has 0 aliphatic heterocycles. The summed E-state index contributed by atoms with van der Waals surface area (Å²) < 4.78 is 0. The van der Waals surface area contributed by atoms with E-state index in [1.807, 2.05) is 54.9 Å². The van der Waals surface area contributed by atoms with E-state index >= 15 is 0 Å². The summed E-state index contributed by atoms with van der Waals surface area (Å²) in [5, 5.41) is 4.70. The molecule has 5 nitrogen and oxygen atoms in total. The Kier molecular flexibility index (Phi) is 6.96. The minimum Gasteiger partial charge on any atom is -0.336 e. The van der Waals surface area contributed by atoms with Crippen LogP contribution < -0.4 is 5.32 Å². The van der Waals surface area contributed by atoms with E-state index in [2.05, 4.69) is 10.3 Å². The summed E-state index contributed by atoms with van der Waals surface area (Å²) in [6.07, 6.45) is 15.0. The zero-order chi connectivity index (χ0) is 22.5. The number of carbonyl (C=O) groups is 1. The van der Waals surface area contributed by atoms with Crippen molar-refractivity contribution in [1.29, 1.82) is 0 Å². The highest BCUT2D eigenvalue weighted by Gasteiger charge is 2.50. The minimum atomic E-state index is -0.106. The molecule has 1 heterocycles. The van der Waals surface area contributed by atoms with Crippen LogP contribution in [0.5, 0.6) is 0 Å². The van der Waals surface area contributed by atoms with Crippen molar-refractivity contribution in [3.63, 3.8) is 0 Å². The third-order valence-electron chi connectivity index (χ3n) is 8.13. The zero-order valence-electron chi connectivity index (χ0n) is 19.6. The molecule has 4 aliphatic rings. The number of carbonyl (C=O) groups excluding carboxylic acids is 1. The van der Waals surface area contributed by atoms with Gasteiger partial charge >= 0.3 is 6.03 Å². The first-order chi connectivity index (χ1) is 16.2. The number of aromatic nitrogens is 1. The lowest BCUT2D eigenvalue weighted by Crippen LogP contribution is -2.48. The molecule has 176 valence electrons. The van der Waals surface area contributed by atoms with Crippen LogP contribution in [0.15, 0.2) is 54.9 Å². The second-order valence-electron chi connectivity index (χ2n) is 10.7. The molecule has 0 radical (unpaired) electrons. The maximum Gasteiger partial charge on any atom is 0.341 e. The first-order valence-electron chi connectivity index (χ1n) is 12.8. The van der Waals surface area contributed by atoms with E-state index in [9.17, 15) is 4.79 Å². The van der Waals surface area contributed by atoms with E-state index in [1.165, 1.54) is 44.1 Å². The van der Waals surface area contributed by atoms with Crippen LogP contribution in [0.3, 0.4) is 0 Å². The summed E-state index contributed by atoms with van der Waals surface area (Å²) >= 11 is 0. The molecule has 0 unspecified atom stereocenters. The lowest BCUT2D eigenvalue weighted by Gasteiger charge is -2.57. The molecular formula is C28H37N3O2. The lowest BCUT2D eigenvalue weighted by molar-refractivity contribution is -0.142. The molecular weight excluding hydrogens is 410 g/mol. The van der Waals surface area contributed by atoms with Gasteiger partial charge in [0, 0.05) is 18.9 Å². The number of hydrogen-bond acceptors (Lipinski definition) is 3. The van der Waals surface area contributed by atoms with Crippen LogP contribution >= 0.6 is 0 Å². The van der Waals surface area contributed by atoms with Crippen molar-refractivity contribution in [1.82, 2.24) is 15.4 Å². The second-order valence-corrected chi connectivity index (χ2v) is 10.7. The lowest BCUT2D eigenvalue weighted by atomic mass is 9.49. The molecule has 1 N–H and O–H groups in total. The minimum absolute atomic E-state index is 0.106. The maximum atomic E-state index is 13.1. The molecule has 1 aromatic carbocycles. The maximum absolute atomic E-state index is 13.1. The third-order valence-corrected chi connectivity index (χ3v) is 8.13. The average Bonchev–Trinajstić information content (AvgIpc) is 2.82. The fourth-order valence-electron chi connectivity index (χ4n) is 7.01. The zero-order valence-corrected chi connectivity index (χ0v) is 19.6. The van der Waals surface area contributed by atoms with E-state index in [4.69, 9.17) is 4.84 Å². The summed E-state index contributed by atoms with van der Waals surface area (Å²) in [6, 6.07) is 14.1. The molecule has 4 fully saturated rings. The summed E-state index contributed by atoms with van der Waals surface area (Å²) in [5.41, 5.74) is 2.77. The van der Waals surface area contributed by atoms with Gasteiger partial charge in [-0.2, -0.15) is 0 Å². The monoisotopic (exact) mass is 447 g/mol. The molecule has 2 aromatic rings. The number of nitrogens with one attached hydrogen (secondary N) is 1. The first-order valence-corrected chi connectivity index (χ1v) is 12.8. The van der Waals surface area contributed by atoms with E-state index in [0.717, 1.165) is 42.6 Å². The molecule has 1 aromatic heterocycles. The largest absolute Gasteiger partial charge is 0.341 e. The molecule has 33 heavy (non-hydrogen) atoms. The van der Waals surface area contributed by atoms with Gasteiger partial charge in [0.15, 0.2) is 0 Å². The fourth-order valence-corrected chi connectivity index (χ4v) is 7.01. The molecule has 0 saturated heterocycles. The van der Waals surface area contributed by atoms with Gasteiger partial charge in [-0.05, 0) is 104 Å². The van der Waals surface area contributed by atoms with Crippen molar-refractivity contribution in [2.24, 2.45) is 23.2 Å². The predicted octanol–water partition coefficient (Wildman–Crippen LogP) is 5.76. The van der Waals surface area contributed by atoms with Crippen molar-refractivity contribution >= 4 is 6.03 Å². The quantitative estimate of drug-likeness (QED) is 0.372. The Balaban J connectivity index is 1.16. The smallest absolute Gasteiger partial charge is 0.336 e. The van der Waals surface area contributed by atoms with Gasteiger partial charge in [0.05, 0.1) is 6.54 Å². The van der Waals surface area contributed by atoms with Crippen LogP contribution in [0.1, 0.15) is 62.5 Å². The summed E-state index contributed by atoms with van der Waals surface area (Å²) in [4.78, 5) is 23.2. The predicted molar refractivity (Wildman–Crippen MR) is 129 cm³/mol. The Bertz CT molecular complexity index is 867. The number of aryl methyl sites for hydroxylation is 1. The number of pyridine rings is 1. The summed E-state index contributed by atoms with van der Waals surface area (Å²) in [7, 11) is 0. The molecule has 0 spiro atoms. The fraction of sp³-hybridized carbons (Fsp3) is 0.571. The highest BCUT2D eigenvalue weighted by molar-refractivity contribution is 5.72. The molecule has 5 heteroatoms. The van der Waals surface area contributed by atoms with Crippen LogP contribution in [-0.2, 0) is 17.9 Å². The topological polar surface area (TPSA) is 54.5 Å². The van der Waals surface area contributed by atoms with Gasteiger partial charge in [-0.15, -0.1) is 0 Å². The van der Waals surface area contributed by atoms with Gasteiger partial charge in [0.25, 0.3) is 0 Å². The van der Waals surface area contributed by atoms with Crippen molar-refractivity contribution in [3.8, 4) is 0 Å². The normalized spacial score (nSPS) is 27.5. The van der Waals surface area contributed by atoms with Crippen LogP contribution in [0.4, 0.5) is 4.79 Å². The van der Waals surface area contributed by atoms with Crippen LogP contribution in [-0.4, -0.2) is 29.2 Å². The van der Waals surface area contributed by atoms with Gasteiger partial charge in [-0.25, -0.2) is 9.86 Å². The second kappa shape index (κ2) is 10.3. The highest BCUT2D eigenvalue weighted by atomic mass is 16.7. The Morgan fingerprint density at radius 2 is 1.64 bits per heavy atom. The van der Waals surface area contributed by atoms with Crippen LogP contribution in [0, 0.1) is 23.2 Å². The summed E-state index contributed by atoms with van der Waals surface area (Å²) in [6.45, 7) is 1.74. The molecule has 0 atom stereocenters. The number of nitrogens with zero attached hydrogens (tertiary/aromatic N) is 2. The Morgan fingerprint density at radius 1 is 0.970 bits per heavy atom. The van der Waals surface area contributed by atoms with E-state index in [-0.39, 0.29) is 6.03 Å². The number of amides is 2. The number of benzene rings is 1. The average molecular weight is 448 g/mol. The standard InChI is InChI=1S/C28H37N3O2/c32-27(30-11-4-7-22-8-12-29-13-9-22)31(33-21-23-5-2-1-3-6-23)14-10-28-18-24-15-25(19-28)17-26(16-24)20-28/h1-3,5-6,8-9,12-13,24-26H,4,7,10-11,14-21H2,(H,30,32). The van der Waals surface area contributed by atoms with Crippen LogP contribution in [0.2, 0.25) is 0 Å². The van der Waals surface area contributed by atoms with Crippen molar-refractivity contribution in [3.05, 3.63) is 66.0 Å². The molecule has 4 bridgehead atoms. The Labute approximate surface area is 197 Å².